The Morgan fingerprint density at radius 1 is 0.907 bits per heavy atom. The van der Waals surface area contributed by atoms with Gasteiger partial charge in [-0.3, -0.25) is 5.43 Å². The summed E-state index contributed by atoms with van der Waals surface area (Å²) in [6, 6.07) is 13.6. The molecule has 0 saturated carbocycles. The molecule has 1 aromatic heterocycles. The highest BCUT2D eigenvalue weighted by atomic mass is 79.9. The molecule has 11 nitrogen and oxygen atoms in total. The van der Waals surface area contributed by atoms with Gasteiger partial charge < -0.3 is 33.5 Å². The van der Waals surface area contributed by atoms with Crippen LogP contribution in [0.25, 0.3) is 0 Å². The van der Waals surface area contributed by atoms with E-state index in [2.05, 4.69) is 42.8 Å². The molecule has 3 heterocycles. The fourth-order valence-corrected chi connectivity index (χ4v) is 5.07. The van der Waals surface area contributed by atoms with E-state index in [1.54, 1.807) is 13.3 Å². The lowest BCUT2D eigenvalue weighted by Gasteiger charge is -2.31. The number of halogens is 1. The van der Waals surface area contributed by atoms with Gasteiger partial charge in [0.25, 0.3) is 0 Å². The van der Waals surface area contributed by atoms with E-state index in [1.165, 1.54) is 0 Å². The van der Waals surface area contributed by atoms with Gasteiger partial charge in [-0.2, -0.15) is 15.1 Å². The third kappa shape index (κ3) is 8.59. The first kappa shape index (κ1) is 30.6. The fourth-order valence-electron chi connectivity index (χ4n) is 4.69. The second-order valence-corrected chi connectivity index (χ2v) is 10.8. The molecule has 2 aliphatic rings. The third-order valence-electron chi connectivity index (χ3n) is 6.89. The van der Waals surface area contributed by atoms with Gasteiger partial charge in [0, 0.05) is 42.3 Å². The van der Waals surface area contributed by atoms with Gasteiger partial charge in [0.05, 0.1) is 39.8 Å². The van der Waals surface area contributed by atoms with E-state index in [0.717, 1.165) is 54.0 Å². The Morgan fingerprint density at radius 3 is 2.33 bits per heavy atom. The lowest BCUT2D eigenvalue weighted by Crippen LogP contribution is -2.39. The van der Waals surface area contributed by atoms with Crippen LogP contribution in [0.1, 0.15) is 11.1 Å². The van der Waals surface area contributed by atoms with E-state index >= 15 is 0 Å². The fraction of sp³-hybridized carbons (Fsp3) is 0.387. The highest BCUT2D eigenvalue weighted by molar-refractivity contribution is 9.10. The van der Waals surface area contributed by atoms with Crippen LogP contribution in [0.4, 0.5) is 17.6 Å². The summed E-state index contributed by atoms with van der Waals surface area (Å²) in [6.45, 7) is 10.2. The monoisotopic (exact) mass is 652 g/mol. The summed E-state index contributed by atoms with van der Waals surface area (Å²) in [5, 5.41) is 4.50. The van der Waals surface area contributed by atoms with Gasteiger partial charge in [-0.05, 0) is 42.3 Å². The van der Waals surface area contributed by atoms with Gasteiger partial charge in [0.15, 0.2) is 17.3 Å². The Hall–Kier alpha value is -3.87. The average molecular weight is 654 g/mol. The number of methoxy groups -OCH3 is 1. The predicted octanol–water partition coefficient (Wildman–Crippen LogP) is 4.55. The lowest BCUT2D eigenvalue weighted by atomic mass is 10.1. The third-order valence-corrected chi connectivity index (χ3v) is 7.38. The molecule has 2 aromatic carbocycles. The van der Waals surface area contributed by atoms with Gasteiger partial charge in [-0.25, -0.2) is 0 Å². The zero-order valence-corrected chi connectivity index (χ0v) is 25.9. The topological polar surface area (TPSA) is 103 Å². The largest absolute Gasteiger partial charge is 0.493 e. The zero-order chi connectivity index (χ0) is 29.9. The first-order chi connectivity index (χ1) is 21.1. The highest BCUT2D eigenvalue weighted by Gasteiger charge is 2.19. The molecule has 2 fully saturated rings. The van der Waals surface area contributed by atoms with Crippen LogP contribution in [0.3, 0.4) is 0 Å². The Balaban J connectivity index is 1.24. The number of benzene rings is 2. The summed E-state index contributed by atoms with van der Waals surface area (Å²) in [6.07, 6.45) is 4.34. The minimum Gasteiger partial charge on any atom is -0.493 e. The Morgan fingerprint density at radius 2 is 1.60 bits per heavy atom. The second-order valence-electron chi connectivity index (χ2n) is 9.84. The van der Waals surface area contributed by atoms with Crippen LogP contribution in [-0.2, 0) is 15.9 Å². The first-order valence-electron chi connectivity index (χ1n) is 14.3. The molecule has 43 heavy (non-hydrogen) atoms. The molecule has 1 N–H and O–H groups in total. The molecule has 3 aromatic rings. The summed E-state index contributed by atoms with van der Waals surface area (Å²) in [4.78, 5) is 13.9. The second kappa shape index (κ2) is 15.6. The van der Waals surface area contributed by atoms with Crippen molar-refractivity contribution in [2.75, 3.05) is 88.2 Å². The number of anilines is 3. The maximum atomic E-state index is 6.07. The Kier molecular flexibility index (Phi) is 11.1. The molecule has 0 unspecified atom stereocenters. The van der Waals surface area contributed by atoms with Crippen molar-refractivity contribution in [1.82, 2.24) is 9.97 Å². The van der Waals surface area contributed by atoms with Gasteiger partial charge in [0.2, 0.25) is 5.95 Å². The molecule has 0 radical (unpaired) electrons. The standard InChI is InChI=1S/C31H37BrN6O5/c1-3-4-23-5-7-27(28(19-23)39-2)43-18-17-42-26-8-6-25(32)20-24(26)22-33-36-29-21-30(37-9-13-40-14-10-37)35-31(34-29)38-11-15-41-16-12-38/h3,5-8,19-22H,1,4,9-18H2,2H3,(H,34,35,36). The minimum absolute atomic E-state index is 0.338. The normalized spacial score (nSPS) is 15.4. The number of hydrogen-bond donors (Lipinski definition) is 1. The minimum atomic E-state index is 0.338. The molecule has 0 bridgehead atoms. The number of rotatable bonds is 13. The zero-order valence-electron chi connectivity index (χ0n) is 24.3. The van der Waals surface area contributed by atoms with Crippen molar-refractivity contribution in [3.05, 3.63) is 70.7 Å². The van der Waals surface area contributed by atoms with Crippen LogP contribution < -0.4 is 29.4 Å². The molecular weight excluding hydrogens is 616 g/mol. The number of nitrogens with one attached hydrogen (secondary N) is 1. The molecule has 228 valence electrons. The van der Waals surface area contributed by atoms with Gasteiger partial charge in [-0.15, -0.1) is 6.58 Å². The number of hydrogen-bond acceptors (Lipinski definition) is 11. The van der Waals surface area contributed by atoms with Gasteiger partial charge in [0.1, 0.15) is 24.8 Å². The van der Waals surface area contributed by atoms with E-state index in [4.69, 9.17) is 33.7 Å². The molecule has 0 aliphatic carbocycles. The van der Waals surface area contributed by atoms with E-state index in [0.29, 0.717) is 68.7 Å². The van der Waals surface area contributed by atoms with Gasteiger partial charge >= 0.3 is 0 Å². The van der Waals surface area contributed by atoms with Crippen molar-refractivity contribution in [3.8, 4) is 17.2 Å². The van der Waals surface area contributed by atoms with Crippen molar-refractivity contribution < 1.29 is 23.7 Å². The summed E-state index contributed by atoms with van der Waals surface area (Å²) in [5.74, 6) is 4.13. The maximum Gasteiger partial charge on any atom is 0.229 e. The highest BCUT2D eigenvalue weighted by Crippen LogP contribution is 2.29. The first-order valence-corrected chi connectivity index (χ1v) is 15.1. The number of morpholine rings is 2. The van der Waals surface area contributed by atoms with Crippen molar-refractivity contribution in [1.29, 1.82) is 0 Å². The SMILES string of the molecule is C=CCc1ccc(OCCOc2ccc(Br)cc2C=NNc2cc(N3CCOCC3)nc(N3CCOCC3)n2)c(OC)c1. The molecule has 0 atom stereocenters. The number of hydrazone groups is 1. The van der Waals surface area contributed by atoms with Crippen LogP contribution in [0, 0.1) is 0 Å². The predicted molar refractivity (Wildman–Crippen MR) is 171 cm³/mol. The van der Waals surface area contributed by atoms with E-state index in [1.807, 2.05) is 48.5 Å². The van der Waals surface area contributed by atoms with Crippen molar-refractivity contribution in [3.63, 3.8) is 0 Å². The average Bonchev–Trinajstić information content (AvgIpc) is 3.05. The molecular formula is C31H37BrN6O5. The number of nitrogens with zero attached hydrogens (tertiary/aromatic N) is 5. The van der Waals surface area contributed by atoms with Gasteiger partial charge in [-0.1, -0.05) is 28.1 Å². The van der Waals surface area contributed by atoms with Crippen molar-refractivity contribution in [2.24, 2.45) is 5.10 Å². The summed E-state index contributed by atoms with van der Waals surface area (Å²) in [5.41, 5.74) is 5.01. The molecule has 2 aliphatic heterocycles. The van der Waals surface area contributed by atoms with E-state index in [-0.39, 0.29) is 0 Å². The van der Waals surface area contributed by atoms with Crippen LogP contribution in [0.2, 0.25) is 0 Å². The Bertz CT molecular complexity index is 1360. The number of aromatic nitrogens is 2. The molecule has 0 spiro atoms. The van der Waals surface area contributed by atoms with Crippen LogP contribution in [0.15, 0.2) is 64.7 Å². The molecule has 5 rings (SSSR count). The number of ether oxygens (including phenoxy) is 5. The van der Waals surface area contributed by atoms with E-state index in [9.17, 15) is 0 Å². The van der Waals surface area contributed by atoms with Crippen LogP contribution >= 0.6 is 15.9 Å². The summed E-state index contributed by atoms with van der Waals surface area (Å²) < 4.78 is 29.5. The Labute approximate surface area is 260 Å². The summed E-state index contributed by atoms with van der Waals surface area (Å²) >= 11 is 3.55. The molecule has 12 heteroatoms. The van der Waals surface area contributed by atoms with Crippen LogP contribution in [0.5, 0.6) is 17.2 Å². The molecule has 0 amide bonds. The smallest absolute Gasteiger partial charge is 0.229 e. The molecule has 2 saturated heterocycles. The maximum absolute atomic E-state index is 6.07. The quantitative estimate of drug-likeness (QED) is 0.122. The van der Waals surface area contributed by atoms with E-state index < -0.39 is 0 Å². The lowest BCUT2D eigenvalue weighted by molar-refractivity contribution is 0.121. The summed E-state index contributed by atoms with van der Waals surface area (Å²) in [7, 11) is 1.63. The van der Waals surface area contributed by atoms with Crippen molar-refractivity contribution >= 4 is 39.7 Å². The van der Waals surface area contributed by atoms with Crippen LogP contribution in [-0.4, -0.2) is 89.1 Å². The van der Waals surface area contributed by atoms with Crippen molar-refractivity contribution in [2.45, 2.75) is 6.42 Å². The number of allylic oxidation sites excluding steroid dienone is 1.